The van der Waals surface area contributed by atoms with Crippen molar-refractivity contribution in [1.82, 2.24) is 9.97 Å². The first-order valence-corrected chi connectivity index (χ1v) is 6.36. The Kier molecular flexibility index (Phi) is 4.56. The van der Waals surface area contributed by atoms with E-state index in [-0.39, 0.29) is 23.9 Å². The van der Waals surface area contributed by atoms with Crippen LogP contribution in [0, 0.1) is 11.6 Å². The summed E-state index contributed by atoms with van der Waals surface area (Å²) in [5.41, 5.74) is 0.723. The molecule has 1 aromatic heterocycles. The first-order chi connectivity index (χ1) is 9.56. The van der Waals surface area contributed by atoms with Gasteiger partial charge in [0.15, 0.2) is 11.6 Å². The van der Waals surface area contributed by atoms with Gasteiger partial charge in [-0.1, -0.05) is 29.3 Å². The lowest BCUT2D eigenvalue weighted by atomic mass is 10.3. The number of aromatic nitrogens is 2. The molecule has 2 aromatic carbocycles. The van der Waals surface area contributed by atoms with Gasteiger partial charge in [0.2, 0.25) is 5.95 Å². The maximum absolute atomic E-state index is 13.6. The summed E-state index contributed by atoms with van der Waals surface area (Å²) in [7, 11) is 0. The number of imidazole rings is 1. The highest BCUT2D eigenvalue weighted by Crippen LogP contribution is 2.32. The Balaban J connectivity index is 0.00000161. The van der Waals surface area contributed by atoms with Gasteiger partial charge in [0.1, 0.15) is 5.52 Å². The molecule has 0 radical (unpaired) electrons. The fourth-order valence-corrected chi connectivity index (χ4v) is 2.30. The van der Waals surface area contributed by atoms with Crippen molar-refractivity contribution in [3.05, 3.63) is 52.0 Å². The van der Waals surface area contributed by atoms with Crippen molar-refractivity contribution in [3.63, 3.8) is 0 Å². The number of H-pyrrole nitrogens is 1. The van der Waals surface area contributed by atoms with Crippen LogP contribution in [0.15, 0.2) is 30.3 Å². The van der Waals surface area contributed by atoms with E-state index in [1.54, 1.807) is 18.2 Å². The van der Waals surface area contributed by atoms with Crippen LogP contribution in [-0.2, 0) is 0 Å². The Morgan fingerprint density at radius 2 is 1.71 bits per heavy atom. The van der Waals surface area contributed by atoms with Crippen LogP contribution in [0.25, 0.3) is 11.0 Å². The predicted molar refractivity (Wildman–Crippen MR) is 83.0 cm³/mol. The molecule has 0 saturated heterocycles. The number of halogens is 5. The van der Waals surface area contributed by atoms with E-state index in [0.717, 1.165) is 6.07 Å². The van der Waals surface area contributed by atoms with Gasteiger partial charge in [-0.25, -0.2) is 13.8 Å². The molecule has 0 saturated carbocycles. The van der Waals surface area contributed by atoms with Crippen LogP contribution in [0.1, 0.15) is 0 Å². The molecule has 0 aliphatic rings. The van der Waals surface area contributed by atoms with Crippen molar-refractivity contribution in [2.24, 2.45) is 0 Å². The molecule has 0 bridgehead atoms. The Bertz CT molecular complexity index is 784. The molecule has 0 amide bonds. The van der Waals surface area contributed by atoms with Crippen LogP contribution in [0.5, 0.6) is 0 Å². The van der Waals surface area contributed by atoms with Crippen LogP contribution in [-0.4, -0.2) is 9.97 Å². The van der Waals surface area contributed by atoms with Crippen LogP contribution >= 0.6 is 35.6 Å². The highest BCUT2D eigenvalue weighted by atomic mass is 35.5. The number of hydrogen-bond donors (Lipinski definition) is 2. The molecule has 0 atom stereocenters. The Morgan fingerprint density at radius 3 is 2.38 bits per heavy atom. The summed E-state index contributed by atoms with van der Waals surface area (Å²) < 4.78 is 26.7. The van der Waals surface area contributed by atoms with Gasteiger partial charge in [-0.05, 0) is 24.3 Å². The van der Waals surface area contributed by atoms with Crippen molar-refractivity contribution >= 4 is 58.3 Å². The molecule has 0 spiro atoms. The van der Waals surface area contributed by atoms with E-state index >= 15 is 0 Å². The minimum atomic E-state index is -1.00. The number of anilines is 2. The Labute approximate surface area is 134 Å². The second-order valence-corrected chi connectivity index (χ2v) is 4.88. The third-order valence-corrected chi connectivity index (χ3v) is 3.38. The molecule has 0 unspecified atom stereocenters. The fourth-order valence-electron chi connectivity index (χ4n) is 1.81. The average Bonchev–Trinajstić information content (AvgIpc) is 2.82. The summed E-state index contributed by atoms with van der Waals surface area (Å²) in [4.78, 5) is 6.77. The SMILES string of the molecule is Cl.Fc1ccc2[nH]c(Nc3c(Cl)cccc3Cl)nc2c1F. The van der Waals surface area contributed by atoms with Gasteiger partial charge in [0.05, 0.1) is 21.2 Å². The second-order valence-electron chi connectivity index (χ2n) is 4.06. The van der Waals surface area contributed by atoms with E-state index < -0.39 is 11.6 Å². The van der Waals surface area contributed by atoms with E-state index in [1.807, 2.05) is 0 Å². The van der Waals surface area contributed by atoms with Crippen molar-refractivity contribution in [3.8, 4) is 0 Å². The van der Waals surface area contributed by atoms with Crippen LogP contribution in [0.3, 0.4) is 0 Å². The quantitative estimate of drug-likeness (QED) is 0.657. The Hall–Kier alpha value is -1.56. The molecule has 2 N–H and O–H groups in total. The van der Waals surface area contributed by atoms with Gasteiger partial charge in [0.25, 0.3) is 0 Å². The number of hydrogen-bond acceptors (Lipinski definition) is 2. The van der Waals surface area contributed by atoms with Crippen molar-refractivity contribution in [1.29, 1.82) is 0 Å². The molecule has 3 nitrogen and oxygen atoms in total. The standard InChI is InChI=1S/C13H7Cl2F2N3.ClH/c14-6-2-1-3-7(15)11(6)19-13-18-9-5-4-8(16)10(17)12(9)20-13;/h1-5H,(H2,18,19,20);1H. The highest BCUT2D eigenvalue weighted by Gasteiger charge is 2.13. The minimum absolute atomic E-state index is 0. The zero-order valence-electron chi connectivity index (χ0n) is 10.3. The summed E-state index contributed by atoms with van der Waals surface area (Å²) in [6.45, 7) is 0. The zero-order chi connectivity index (χ0) is 14.3. The molecule has 110 valence electrons. The lowest BCUT2D eigenvalue weighted by Gasteiger charge is -2.06. The minimum Gasteiger partial charge on any atom is -0.324 e. The summed E-state index contributed by atoms with van der Waals surface area (Å²) >= 11 is 12.0. The molecule has 0 fully saturated rings. The molecule has 0 aliphatic carbocycles. The van der Waals surface area contributed by atoms with Gasteiger partial charge in [-0.15, -0.1) is 12.4 Å². The fraction of sp³-hybridized carbons (Fsp3) is 0. The van der Waals surface area contributed by atoms with Crippen LogP contribution in [0.4, 0.5) is 20.4 Å². The summed E-state index contributed by atoms with van der Waals surface area (Å²) in [6.07, 6.45) is 0. The molecular weight excluding hydrogens is 343 g/mol. The number of fused-ring (bicyclic) bond motifs is 1. The molecule has 3 rings (SSSR count). The smallest absolute Gasteiger partial charge is 0.205 e. The van der Waals surface area contributed by atoms with Crippen molar-refractivity contribution in [2.75, 3.05) is 5.32 Å². The van der Waals surface area contributed by atoms with Gasteiger partial charge in [-0.3, -0.25) is 0 Å². The molecule has 1 heterocycles. The lowest BCUT2D eigenvalue weighted by Crippen LogP contribution is -1.94. The summed E-state index contributed by atoms with van der Waals surface area (Å²) in [6, 6.07) is 7.43. The van der Waals surface area contributed by atoms with Crippen LogP contribution in [0.2, 0.25) is 10.0 Å². The van der Waals surface area contributed by atoms with E-state index in [4.69, 9.17) is 23.2 Å². The molecule has 8 heteroatoms. The summed E-state index contributed by atoms with van der Waals surface area (Å²) in [5.74, 6) is -1.73. The maximum atomic E-state index is 13.6. The first kappa shape index (κ1) is 15.8. The topological polar surface area (TPSA) is 40.7 Å². The second kappa shape index (κ2) is 6.05. The van der Waals surface area contributed by atoms with Crippen molar-refractivity contribution in [2.45, 2.75) is 0 Å². The molecule has 3 aromatic rings. The summed E-state index contributed by atoms with van der Waals surface area (Å²) in [5, 5.41) is 3.64. The number of aromatic amines is 1. The monoisotopic (exact) mass is 349 g/mol. The number of nitrogens with zero attached hydrogens (tertiary/aromatic N) is 1. The number of nitrogens with one attached hydrogen (secondary N) is 2. The van der Waals surface area contributed by atoms with Gasteiger partial charge in [0, 0.05) is 0 Å². The molecule has 0 aliphatic heterocycles. The number of para-hydroxylation sites is 1. The number of rotatable bonds is 2. The predicted octanol–water partition coefficient (Wildman–Crippen LogP) is 5.31. The largest absolute Gasteiger partial charge is 0.324 e. The van der Waals surface area contributed by atoms with Gasteiger partial charge in [-0.2, -0.15) is 0 Å². The van der Waals surface area contributed by atoms with E-state index in [9.17, 15) is 8.78 Å². The highest BCUT2D eigenvalue weighted by molar-refractivity contribution is 6.39. The normalized spacial score (nSPS) is 10.5. The Morgan fingerprint density at radius 1 is 1.05 bits per heavy atom. The third kappa shape index (κ3) is 2.90. The van der Waals surface area contributed by atoms with Gasteiger partial charge < -0.3 is 10.3 Å². The van der Waals surface area contributed by atoms with E-state index in [2.05, 4.69) is 15.3 Å². The first-order valence-electron chi connectivity index (χ1n) is 5.61. The maximum Gasteiger partial charge on any atom is 0.205 e. The molecular formula is C13H8Cl3F2N3. The zero-order valence-corrected chi connectivity index (χ0v) is 12.6. The van der Waals surface area contributed by atoms with Gasteiger partial charge >= 0.3 is 0 Å². The molecule has 21 heavy (non-hydrogen) atoms. The van der Waals surface area contributed by atoms with E-state index in [0.29, 0.717) is 21.2 Å². The van der Waals surface area contributed by atoms with Crippen molar-refractivity contribution < 1.29 is 8.78 Å². The average molecular weight is 351 g/mol. The number of benzene rings is 2. The lowest BCUT2D eigenvalue weighted by molar-refractivity contribution is 0.515. The van der Waals surface area contributed by atoms with E-state index in [1.165, 1.54) is 6.07 Å². The third-order valence-electron chi connectivity index (χ3n) is 2.75. The van der Waals surface area contributed by atoms with Crippen LogP contribution < -0.4 is 5.32 Å².